The Morgan fingerprint density at radius 3 is 2.20 bits per heavy atom. The van der Waals surface area contributed by atoms with E-state index in [2.05, 4.69) is 4.98 Å². The third kappa shape index (κ3) is 2.62. The van der Waals surface area contributed by atoms with Crippen molar-refractivity contribution in [2.24, 2.45) is 0 Å². The summed E-state index contributed by atoms with van der Waals surface area (Å²) in [5.74, 6) is 0. The third-order valence-corrected chi connectivity index (χ3v) is 4.44. The first-order valence-corrected chi connectivity index (χ1v) is 6.96. The van der Waals surface area contributed by atoms with Gasteiger partial charge in [-0.2, -0.15) is 0 Å². The van der Waals surface area contributed by atoms with Gasteiger partial charge in [0.05, 0.1) is 16.9 Å². The lowest BCUT2D eigenvalue weighted by molar-refractivity contribution is 0.00578. The highest BCUT2D eigenvalue weighted by molar-refractivity contribution is 6.62. The molecule has 1 saturated heterocycles. The molecule has 0 bridgehead atoms. The molecule has 0 amide bonds. The van der Waals surface area contributed by atoms with Gasteiger partial charge in [0, 0.05) is 13.3 Å². The molecule has 1 aromatic heterocycles. The van der Waals surface area contributed by atoms with Gasteiger partial charge in [-0.3, -0.25) is 4.98 Å². The Morgan fingerprint density at radius 1 is 1.15 bits per heavy atom. The minimum absolute atomic E-state index is 0.335. The van der Waals surface area contributed by atoms with Crippen molar-refractivity contribution in [1.82, 2.24) is 4.98 Å². The molecular weight excluding hydrogens is 253 g/mol. The molecule has 1 fully saturated rings. The Hall–Kier alpha value is -0.905. The molecule has 5 heteroatoms. The first kappa shape index (κ1) is 15.5. The van der Waals surface area contributed by atoms with Crippen LogP contribution in [0.5, 0.6) is 0 Å². The van der Waals surface area contributed by atoms with Gasteiger partial charge in [-0.15, -0.1) is 0 Å². The van der Waals surface area contributed by atoms with Gasteiger partial charge in [0.15, 0.2) is 0 Å². The monoisotopic (exact) mass is 277 g/mol. The molecule has 0 aromatic carbocycles. The van der Waals surface area contributed by atoms with Crippen LogP contribution in [-0.2, 0) is 19.6 Å². The fourth-order valence-electron chi connectivity index (χ4n) is 2.01. The number of pyridine rings is 1. The molecule has 1 aliphatic rings. The molecule has 4 nitrogen and oxygen atoms in total. The second-order valence-electron chi connectivity index (χ2n) is 6.78. The molecule has 2 rings (SSSR count). The van der Waals surface area contributed by atoms with Crippen LogP contribution in [0.1, 0.15) is 47.2 Å². The molecule has 0 saturated carbocycles. The topological polar surface area (TPSA) is 40.6 Å². The predicted molar refractivity (Wildman–Crippen MR) is 80.0 cm³/mol. The zero-order valence-corrected chi connectivity index (χ0v) is 13.5. The first-order valence-electron chi connectivity index (χ1n) is 6.96. The quantitative estimate of drug-likeness (QED) is 0.795. The van der Waals surface area contributed by atoms with Gasteiger partial charge in [0.1, 0.15) is 5.60 Å². The normalized spacial score (nSPS) is 21.2. The molecule has 0 atom stereocenters. The van der Waals surface area contributed by atoms with Crippen molar-refractivity contribution < 1.29 is 14.0 Å². The van der Waals surface area contributed by atoms with Gasteiger partial charge in [-0.05, 0) is 59.1 Å². The number of ether oxygens (including phenoxy) is 1. The van der Waals surface area contributed by atoms with Gasteiger partial charge in [-0.1, -0.05) is 0 Å². The second-order valence-corrected chi connectivity index (χ2v) is 6.78. The molecule has 2 heterocycles. The van der Waals surface area contributed by atoms with E-state index in [9.17, 15) is 0 Å². The first-order chi connectivity index (χ1) is 9.09. The van der Waals surface area contributed by atoms with Crippen LogP contribution in [0.25, 0.3) is 0 Å². The minimum Gasteiger partial charge on any atom is -0.399 e. The van der Waals surface area contributed by atoms with Crippen molar-refractivity contribution in [3.63, 3.8) is 0 Å². The lowest BCUT2D eigenvalue weighted by Crippen LogP contribution is -2.41. The summed E-state index contributed by atoms with van der Waals surface area (Å²) in [6, 6.07) is 3.92. The fraction of sp³-hybridized carbons (Fsp3) is 0.667. The number of hydrogen-bond acceptors (Lipinski definition) is 4. The van der Waals surface area contributed by atoms with Gasteiger partial charge < -0.3 is 14.0 Å². The van der Waals surface area contributed by atoms with Gasteiger partial charge >= 0.3 is 7.12 Å². The molecule has 0 spiro atoms. The largest absolute Gasteiger partial charge is 0.494 e. The van der Waals surface area contributed by atoms with Gasteiger partial charge in [-0.25, -0.2) is 0 Å². The van der Waals surface area contributed by atoms with Gasteiger partial charge in [0.2, 0.25) is 0 Å². The Kier molecular flexibility index (Phi) is 3.74. The van der Waals surface area contributed by atoms with Crippen LogP contribution in [0, 0.1) is 0 Å². The summed E-state index contributed by atoms with van der Waals surface area (Å²) in [6.45, 7) is 12.2. The average molecular weight is 277 g/mol. The summed E-state index contributed by atoms with van der Waals surface area (Å²) in [4.78, 5) is 4.39. The van der Waals surface area contributed by atoms with E-state index < -0.39 is 5.60 Å². The lowest BCUT2D eigenvalue weighted by Gasteiger charge is -2.32. The molecule has 20 heavy (non-hydrogen) atoms. The average Bonchev–Trinajstić information content (AvgIpc) is 2.59. The smallest absolute Gasteiger partial charge is 0.399 e. The van der Waals surface area contributed by atoms with Crippen LogP contribution < -0.4 is 5.46 Å². The molecular formula is C15H24BNO3. The summed E-state index contributed by atoms with van der Waals surface area (Å²) in [7, 11) is 1.32. The highest BCUT2D eigenvalue weighted by atomic mass is 16.7. The van der Waals surface area contributed by atoms with Crippen LogP contribution in [0.4, 0.5) is 0 Å². The van der Waals surface area contributed by atoms with Crippen LogP contribution in [0.3, 0.4) is 0 Å². The van der Waals surface area contributed by atoms with Gasteiger partial charge in [0.25, 0.3) is 0 Å². The number of methoxy groups -OCH3 is 1. The minimum atomic E-state index is -0.431. The van der Waals surface area contributed by atoms with E-state index in [0.29, 0.717) is 0 Å². The highest BCUT2D eigenvalue weighted by Crippen LogP contribution is 2.36. The maximum atomic E-state index is 6.06. The number of aromatic nitrogens is 1. The van der Waals surface area contributed by atoms with Crippen molar-refractivity contribution >= 4 is 12.6 Å². The zero-order chi connectivity index (χ0) is 15.2. The summed E-state index contributed by atoms with van der Waals surface area (Å²) in [5, 5.41) is 0. The third-order valence-electron chi connectivity index (χ3n) is 4.44. The van der Waals surface area contributed by atoms with E-state index in [1.165, 1.54) is 0 Å². The summed E-state index contributed by atoms with van der Waals surface area (Å²) < 4.78 is 17.6. The molecule has 0 unspecified atom stereocenters. The van der Waals surface area contributed by atoms with E-state index >= 15 is 0 Å². The van der Waals surface area contributed by atoms with E-state index in [1.54, 1.807) is 13.3 Å². The molecule has 1 aromatic rings. The van der Waals surface area contributed by atoms with E-state index in [0.717, 1.165) is 11.2 Å². The van der Waals surface area contributed by atoms with Crippen LogP contribution in [0.15, 0.2) is 18.3 Å². The zero-order valence-electron chi connectivity index (χ0n) is 13.5. The van der Waals surface area contributed by atoms with Crippen molar-refractivity contribution in [2.45, 2.75) is 58.3 Å². The van der Waals surface area contributed by atoms with Crippen molar-refractivity contribution in [3.8, 4) is 0 Å². The highest BCUT2D eigenvalue weighted by Gasteiger charge is 2.51. The molecule has 110 valence electrons. The molecule has 0 radical (unpaired) electrons. The van der Waals surface area contributed by atoms with E-state index in [-0.39, 0.29) is 18.3 Å². The Bertz CT molecular complexity index is 484. The molecule has 1 aliphatic heterocycles. The van der Waals surface area contributed by atoms with Crippen molar-refractivity contribution in [3.05, 3.63) is 24.0 Å². The SMILES string of the molecule is COC(C)(C)c1cc(B2OC(C)(C)C(C)(C)O2)ccn1. The van der Waals surface area contributed by atoms with E-state index in [1.807, 2.05) is 53.7 Å². The predicted octanol–water partition coefficient (Wildman–Crippen LogP) is 2.26. The maximum absolute atomic E-state index is 6.06. The van der Waals surface area contributed by atoms with Crippen LogP contribution in [0.2, 0.25) is 0 Å². The Balaban J connectivity index is 2.30. The number of nitrogens with zero attached hydrogens (tertiary/aromatic N) is 1. The summed E-state index contributed by atoms with van der Waals surface area (Å²) >= 11 is 0. The Morgan fingerprint density at radius 2 is 1.70 bits per heavy atom. The standard InChI is InChI=1S/C15H24BNO3/c1-13(2,18-7)12-10-11(8-9-17-12)16-19-14(3,4)15(5,6)20-16/h8-10H,1-7H3. The number of hydrogen-bond donors (Lipinski definition) is 0. The van der Waals surface area contributed by atoms with Crippen molar-refractivity contribution in [1.29, 1.82) is 0 Å². The number of rotatable bonds is 3. The lowest BCUT2D eigenvalue weighted by atomic mass is 9.78. The second kappa shape index (κ2) is 4.83. The Labute approximate surface area is 122 Å². The van der Waals surface area contributed by atoms with Crippen LogP contribution >= 0.6 is 0 Å². The maximum Gasteiger partial charge on any atom is 0.494 e. The molecule has 0 N–H and O–H groups in total. The van der Waals surface area contributed by atoms with E-state index in [4.69, 9.17) is 14.0 Å². The molecule has 0 aliphatic carbocycles. The van der Waals surface area contributed by atoms with Crippen LogP contribution in [-0.4, -0.2) is 30.4 Å². The fourth-order valence-corrected chi connectivity index (χ4v) is 2.01. The summed E-state index contributed by atoms with van der Waals surface area (Å²) in [6.07, 6.45) is 1.77. The summed E-state index contributed by atoms with van der Waals surface area (Å²) in [5.41, 5.74) is 0.737. The van der Waals surface area contributed by atoms with Crippen molar-refractivity contribution in [2.75, 3.05) is 7.11 Å².